The highest BCUT2D eigenvalue weighted by Crippen LogP contribution is 2.31. The molecule has 0 radical (unpaired) electrons. The summed E-state index contributed by atoms with van der Waals surface area (Å²) < 4.78 is 24.4. The summed E-state index contributed by atoms with van der Waals surface area (Å²) in [6, 6.07) is 27.3. The first-order chi connectivity index (χ1) is 23.3. The van der Waals surface area contributed by atoms with E-state index in [4.69, 9.17) is 23.8 Å². The predicted octanol–water partition coefficient (Wildman–Crippen LogP) is 3.60. The van der Waals surface area contributed by atoms with Crippen LogP contribution >= 0.6 is 0 Å². The van der Waals surface area contributed by atoms with Gasteiger partial charge in [0.2, 0.25) is 12.0 Å². The Bertz CT molecular complexity index is 1830. The van der Waals surface area contributed by atoms with Crippen LogP contribution < -0.4 is 10.4 Å². The molecule has 12 nitrogen and oxygen atoms in total. The van der Waals surface area contributed by atoms with E-state index in [0.29, 0.717) is 18.4 Å². The van der Waals surface area contributed by atoms with Crippen molar-refractivity contribution in [2.24, 2.45) is 0 Å². The zero-order valence-corrected chi connectivity index (χ0v) is 25.9. The van der Waals surface area contributed by atoms with Gasteiger partial charge in [-0.05, 0) is 55.0 Å². The molecule has 0 spiro atoms. The molecule has 3 heterocycles. The van der Waals surface area contributed by atoms with E-state index in [1.807, 2.05) is 0 Å². The highest BCUT2D eigenvalue weighted by molar-refractivity contribution is 5.91. The van der Waals surface area contributed by atoms with Crippen LogP contribution in [0.3, 0.4) is 0 Å². The van der Waals surface area contributed by atoms with Gasteiger partial charge in [-0.1, -0.05) is 54.6 Å². The molecule has 4 aromatic rings. The van der Waals surface area contributed by atoms with Crippen molar-refractivity contribution in [2.45, 2.75) is 43.5 Å². The Morgan fingerprint density at radius 3 is 1.81 bits per heavy atom. The largest absolute Gasteiger partial charge is 0.459 e. The van der Waals surface area contributed by atoms with Gasteiger partial charge in [-0.15, -0.1) is 4.73 Å². The lowest BCUT2D eigenvalue weighted by Gasteiger charge is -2.25. The fourth-order valence-electron chi connectivity index (χ4n) is 5.63. The molecule has 6 rings (SSSR count). The van der Waals surface area contributed by atoms with Crippen molar-refractivity contribution >= 4 is 23.8 Å². The fraction of sp³-hybridized carbons (Fsp3) is 0.250. The Hall–Kier alpha value is -5.75. The van der Waals surface area contributed by atoms with Crippen molar-refractivity contribution in [3.05, 3.63) is 142 Å². The lowest BCUT2D eigenvalue weighted by Crippen LogP contribution is -2.46. The molecule has 1 aromatic heterocycles. The topological polar surface area (TPSA) is 140 Å². The minimum atomic E-state index is -1.50. The summed E-state index contributed by atoms with van der Waals surface area (Å²) in [7, 11) is 1.63. The van der Waals surface area contributed by atoms with Gasteiger partial charge >= 0.3 is 17.9 Å². The van der Waals surface area contributed by atoms with Crippen LogP contribution in [0.5, 0.6) is 0 Å². The summed E-state index contributed by atoms with van der Waals surface area (Å²) in [5.41, 5.74) is 0.470. The molecule has 246 valence electrons. The average molecular weight is 653 g/mol. The number of ether oxygens (including phenoxy) is 4. The minimum absolute atomic E-state index is 0.0845. The van der Waals surface area contributed by atoms with E-state index < -0.39 is 60.7 Å². The maximum absolute atomic E-state index is 13.6. The number of benzene rings is 3. The maximum atomic E-state index is 13.6. The van der Waals surface area contributed by atoms with Crippen LogP contribution in [0.4, 0.5) is 0 Å². The lowest BCUT2D eigenvalue weighted by molar-refractivity contribution is -0.174. The van der Waals surface area contributed by atoms with E-state index in [9.17, 15) is 24.0 Å². The summed E-state index contributed by atoms with van der Waals surface area (Å²) in [4.78, 5) is 72.9. The first-order valence-electron chi connectivity index (χ1n) is 15.3. The van der Waals surface area contributed by atoms with Crippen LogP contribution in [0.15, 0.2) is 114 Å². The smallest absolute Gasteiger partial charge is 0.338 e. The van der Waals surface area contributed by atoms with E-state index in [2.05, 4.69) is 0 Å². The number of pyridine rings is 1. The Balaban J connectivity index is 1.33. The zero-order valence-electron chi connectivity index (χ0n) is 25.9. The molecule has 2 saturated heterocycles. The Morgan fingerprint density at radius 1 is 0.729 bits per heavy atom. The van der Waals surface area contributed by atoms with Gasteiger partial charge in [0, 0.05) is 25.2 Å². The molecule has 12 heteroatoms. The summed E-state index contributed by atoms with van der Waals surface area (Å²) >= 11 is 0. The van der Waals surface area contributed by atoms with Gasteiger partial charge in [0.15, 0.2) is 6.10 Å². The van der Waals surface area contributed by atoms with Crippen LogP contribution in [0.1, 0.15) is 55.5 Å². The van der Waals surface area contributed by atoms with Crippen molar-refractivity contribution in [1.29, 1.82) is 0 Å². The molecule has 2 aliphatic heterocycles. The van der Waals surface area contributed by atoms with Crippen LogP contribution in [0.25, 0.3) is 0 Å². The average Bonchev–Trinajstić information content (AvgIpc) is 3.62. The van der Waals surface area contributed by atoms with Crippen molar-refractivity contribution in [3.63, 3.8) is 0 Å². The molecular weight excluding hydrogens is 620 g/mol. The molecule has 2 aliphatic rings. The summed E-state index contributed by atoms with van der Waals surface area (Å²) in [6.45, 7) is -0.413. The number of hydrogen-bond donors (Lipinski definition) is 0. The molecule has 48 heavy (non-hydrogen) atoms. The van der Waals surface area contributed by atoms with Crippen molar-refractivity contribution in [3.8, 4) is 0 Å². The summed E-state index contributed by atoms with van der Waals surface area (Å²) in [5.74, 6) is -2.27. The number of amides is 1. The molecule has 0 unspecified atom stereocenters. The maximum Gasteiger partial charge on any atom is 0.338 e. The molecule has 0 saturated carbocycles. The molecular formula is C36H32N2O10. The monoisotopic (exact) mass is 652 g/mol. The van der Waals surface area contributed by atoms with Gasteiger partial charge in [0.25, 0.3) is 11.8 Å². The van der Waals surface area contributed by atoms with E-state index in [-0.39, 0.29) is 22.6 Å². The molecule has 0 N–H and O–H groups in total. The van der Waals surface area contributed by atoms with Gasteiger partial charge in [-0.2, -0.15) is 0 Å². The third-order valence-corrected chi connectivity index (χ3v) is 8.17. The van der Waals surface area contributed by atoms with E-state index in [0.717, 1.165) is 4.73 Å². The predicted molar refractivity (Wildman–Crippen MR) is 169 cm³/mol. The second kappa shape index (κ2) is 14.3. The Morgan fingerprint density at radius 2 is 1.27 bits per heavy atom. The number of carbonyl (C=O) groups is 4. The number of aromatic nitrogens is 1. The zero-order chi connectivity index (χ0) is 33.6. The first-order valence-corrected chi connectivity index (χ1v) is 15.3. The first kappa shape index (κ1) is 32.2. The van der Waals surface area contributed by atoms with Gasteiger partial charge < -0.3 is 28.7 Å². The Labute approximate surface area is 275 Å². The fourth-order valence-corrected chi connectivity index (χ4v) is 5.63. The highest BCUT2D eigenvalue weighted by atomic mass is 16.8. The van der Waals surface area contributed by atoms with Crippen LogP contribution in [-0.2, 0) is 23.7 Å². The molecule has 0 bridgehead atoms. The number of rotatable bonds is 10. The van der Waals surface area contributed by atoms with E-state index in [1.54, 1.807) is 110 Å². The number of hydrogen-bond acceptors (Lipinski definition) is 10. The second-order valence-electron chi connectivity index (χ2n) is 11.2. The number of likely N-dealkylation sites (tertiary alicyclic amines) is 1. The third-order valence-electron chi connectivity index (χ3n) is 8.17. The van der Waals surface area contributed by atoms with Crippen molar-refractivity contribution in [1.82, 2.24) is 9.63 Å². The number of esters is 3. The second-order valence-corrected chi connectivity index (χ2v) is 11.2. The van der Waals surface area contributed by atoms with Crippen LogP contribution in [0, 0.1) is 0 Å². The third kappa shape index (κ3) is 6.98. The normalized spacial score (nSPS) is 21.8. The Kier molecular flexibility index (Phi) is 9.62. The molecule has 1 amide bonds. The van der Waals surface area contributed by atoms with Gasteiger partial charge in [-0.25, -0.2) is 14.4 Å². The summed E-state index contributed by atoms with van der Waals surface area (Å²) in [6.07, 6.45) is -3.32. The minimum Gasteiger partial charge on any atom is -0.459 e. The quantitative estimate of drug-likeness (QED) is 0.184. The number of nitrogens with zero attached hydrogens (tertiary/aromatic N) is 2. The van der Waals surface area contributed by atoms with Crippen LogP contribution in [0.2, 0.25) is 0 Å². The van der Waals surface area contributed by atoms with Crippen molar-refractivity contribution < 1.29 is 43.0 Å². The van der Waals surface area contributed by atoms with Gasteiger partial charge in [-0.3, -0.25) is 9.59 Å². The van der Waals surface area contributed by atoms with Crippen molar-refractivity contribution in [2.75, 3.05) is 13.7 Å². The summed E-state index contributed by atoms with van der Waals surface area (Å²) in [5, 5.41) is 0. The molecule has 5 atom stereocenters. The van der Waals surface area contributed by atoms with Gasteiger partial charge in [0.1, 0.15) is 12.7 Å². The van der Waals surface area contributed by atoms with E-state index >= 15 is 0 Å². The molecule has 3 aromatic carbocycles. The molecule has 0 aliphatic carbocycles. The SMILES string of the molecule is CN1C(=O)CC[C@H]1c1cccn(O[C@@H]2O[C@H](COC(=O)c3ccccc3)[C@@H](OC(=O)c3ccccc3)[C@H]2OC(=O)c2ccccc2)c1=O. The standard InChI is InChI=1S/C36H32N2O10/c1-37-27(19-20-29(37)39)26-18-11-21-38(32(26)40)48-36-31(47-35(43)25-16-9-4-10-17-25)30(46-34(42)24-14-7-3-8-15-24)28(45-36)22-44-33(41)23-12-5-2-6-13-23/h2-18,21,27-28,30-31,36H,19-20,22H2,1H3/t27-,28+,30+,31+,36-/m0/s1. The van der Waals surface area contributed by atoms with Crippen LogP contribution in [-0.4, -0.2) is 71.7 Å². The number of carbonyl (C=O) groups excluding carboxylic acids is 4. The van der Waals surface area contributed by atoms with Gasteiger partial charge in [0.05, 0.1) is 22.7 Å². The lowest BCUT2D eigenvalue weighted by atomic mass is 10.1. The highest BCUT2D eigenvalue weighted by Gasteiger charge is 2.52. The molecule has 2 fully saturated rings. The van der Waals surface area contributed by atoms with E-state index in [1.165, 1.54) is 11.1 Å².